The molecule has 3 heterocycles. The molecule has 27 heavy (non-hydrogen) atoms. The number of aryl methyl sites for hydroxylation is 3. The minimum atomic E-state index is 0.000471. The average Bonchev–Trinajstić information content (AvgIpc) is 3.28. The summed E-state index contributed by atoms with van der Waals surface area (Å²) in [5, 5.41) is 4.26. The molecule has 2 aromatic heterocycles. The smallest absolute Gasteiger partial charge is 0.174 e. The van der Waals surface area contributed by atoms with Gasteiger partial charge in [-0.05, 0) is 80.5 Å². The van der Waals surface area contributed by atoms with Crippen LogP contribution in [0.2, 0.25) is 0 Å². The minimum absolute atomic E-state index is 0.000471. The van der Waals surface area contributed by atoms with E-state index >= 15 is 0 Å². The molecule has 138 valence electrons. The molecule has 0 amide bonds. The van der Waals surface area contributed by atoms with Gasteiger partial charge in [-0.25, -0.2) is 0 Å². The van der Waals surface area contributed by atoms with Gasteiger partial charge in [0.2, 0.25) is 0 Å². The quantitative estimate of drug-likeness (QED) is 0.669. The SMILES string of the molecule is CCn1cccc1[C@@H]1[C@H](c2ccccn2)NC(=S)N1c1ccc(C)c(C)c1. The number of thiocarbonyl (C=S) groups is 1. The van der Waals surface area contributed by atoms with E-state index in [2.05, 4.69) is 83.1 Å². The van der Waals surface area contributed by atoms with Crippen molar-refractivity contribution < 1.29 is 0 Å². The predicted octanol–water partition coefficient (Wildman–Crippen LogP) is 4.70. The number of hydrogen-bond acceptors (Lipinski definition) is 2. The van der Waals surface area contributed by atoms with Gasteiger partial charge in [-0.1, -0.05) is 12.1 Å². The molecule has 4 nitrogen and oxygen atoms in total. The third-order valence-corrected chi connectivity index (χ3v) is 5.69. The van der Waals surface area contributed by atoms with E-state index in [4.69, 9.17) is 12.2 Å². The highest BCUT2D eigenvalue weighted by molar-refractivity contribution is 7.80. The highest BCUT2D eigenvalue weighted by Gasteiger charge is 2.41. The third kappa shape index (κ3) is 3.12. The molecule has 1 fully saturated rings. The Kier molecular flexibility index (Phi) is 4.70. The van der Waals surface area contributed by atoms with Crippen LogP contribution in [0.3, 0.4) is 0 Å². The van der Waals surface area contributed by atoms with Gasteiger partial charge < -0.3 is 14.8 Å². The van der Waals surface area contributed by atoms with Gasteiger partial charge in [0.15, 0.2) is 5.11 Å². The topological polar surface area (TPSA) is 33.1 Å². The number of benzene rings is 1. The molecule has 1 aliphatic rings. The van der Waals surface area contributed by atoms with Gasteiger partial charge in [0.1, 0.15) is 6.04 Å². The predicted molar refractivity (Wildman–Crippen MR) is 114 cm³/mol. The van der Waals surface area contributed by atoms with Crippen molar-refractivity contribution in [2.75, 3.05) is 4.90 Å². The maximum absolute atomic E-state index is 5.78. The van der Waals surface area contributed by atoms with E-state index in [9.17, 15) is 0 Å². The standard InChI is InChI=1S/C22H24N4S/c1-4-25-13-7-9-19(25)21-20(18-8-5-6-12-23-18)24-22(27)26(21)17-11-10-15(2)16(3)14-17/h5-14,20-21H,4H2,1-3H3,(H,24,27)/t20-,21+/m0/s1. The van der Waals surface area contributed by atoms with E-state index in [1.54, 1.807) is 0 Å². The molecule has 1 N–H and O–H groups in total. The zero-order chi connectivity index (χ0) is 19.0. The fourth-order valence-electron chi connectivity index (χ4n) is 3.79. The summed E-state index contributed by atoms with van der Waals surface area (Å²) in [6, 6.07) is 16.9. The van der Waals surface area contributed by atoms with Crippen molar-refractivity contribution >= 4 is 23.0 Å². The first kappa shape index (κ1) is 17.7. The molecule has 1 aromatic carbocycles. The van der Waals surface area contributed by atoms with Gasteiger partial charge >= 0.3 is 0 Å². The lowest BCUT2D eigenvalue weighted by molar-refractivity contribution is 0.529. The lowest BCUT2D eigenvalue weighted by Crippen LogP contribution is -2.30. The summed E-state index contributed by atoms with van der Waals surface area (Å²) in [7, 11) is 0. The van der Waals surface area contributed by atoms with Crippen molar-refractivity contribution in [1.29, 1.82) is 0 Å². The minimum Gasteiger partial charge on any atom is -0.351 e. The first-order valence-electron chi connectivity index (χ1n) is 9.33. The Hall–Kier alpha value is -2.66. The lowest BCUT2D eigenvalue weighted by Gasteiger charge is -2.29. The molecule has 0 radical (unpaired) electrons. The average molecular weight is 377 g/mol. The van der Waals surface area contributed by atoms with Crippen LogP contribution in [-0.2, 0) is 6.54 Å². The molecule has 2 atom stereocenters. The normalized spacial score (nSPS) is 19.4. The van der Waals surface area contributed by atoms with E-state index in [1.165, 1.54) is 16.8 Å². The van der Waals surface area contributed by atoms with Gasteiger partial charge in [0, 0.05) is 30.3 Å². The molecule has 0 bridgehead atoms. The van der Waals surface area contributed by atoms with Crippen molar-refractivity contribution in [3.8, 4) is 0 Å². The van der Waals surface area contributed by atoms with E-state index in [0.29, 0.717) is 0 Å². The Morgan fingerprint density at radius 1 is 1.07 bits per heavy atom. The van der Waals surface area contributed by atoms with Crippen molar-refractivity contribution in [3.63, 3.8) is 0 Å². The van der Waals surface area contributed by atoms with Crippen LogP contribution in [0.5, 0.6) is 0 Å². The molecule has 3 aromatic rings. The van der Waals surface area contributed by atoms with Gasteiger partial charge in [0.05, 0.1) is 11.7 Å². The van der Waals surface area contributed by atoms with Gasteiger partial charge in [-0.2, -0.15) is 0 Å². The molecule has 5 heteroatoms. The number of anilines is 1. The molecule has 0 aliphatic carbocycles. The van der Waals surface area contributed by atoms with Crippen LogP contribution in [-0.4, -0.2) is 14.7 Å². The van der Waals surface area contributed by atoms with Gasteiger partial charge in [-0.3, -0.25) is 4.98 Å². The second kappa shape index (κ2) is 7.16. The number of pyridine rings is 1. The number of rotatable bonds is 4. The van der Waals surface area contributed by atoms with Crippen LogP contribution < -0.4 is 10.2 Å². The summed E-state index contributed by atoms with van der Waals surface area (Å²) in [5.41, 5.74) is 5.90. The van der Waals surface area contributed by atoms with Crippen molar-refractivity contribution in [3.05, 3.63) is 83.4 Å². The van der Waals surface area contributed by atoms with E-state index in [0.717, 1.165) is 23.0 Å². The molecule has 4 rings (SSSR count). The van der Waals surface area contributed by atoms with Crippen molar-refractivity contribution in [2.45, 2.75) is 39.4 Å². The number of hydrogen-bond donors (Lipinski definition) is 1. The Balaban J connectivity index is 1.85. The molecule has 1 aliphatic heterocycles. The van der Waals surface area contributed by atoms with E-state index in [-0.39, 0.29) is 12.1 Å². The summed E-state index contributed by atoms with van der Waals surface area (Å²) < 4.78 is 2.28. The monoisotopic (exact) mass is 376 g/mol. The second-order valence-corrected chi connectivity index (χ2v) is 7.37. The Morgan fingerprint density at radius 3 is 2.63 bits per heavy atom. The van der Waals surface area contributed by atoms with Crippen molar-refractivity contribution in [1.82, 2.24) is 14.9 Å². The van der Waals surface area contributed by atoms with Crippen LogP contribution in [0.1, 0.15) is 41.5 Å². The molecular formula is C22H24N4S. The Bertz CT molecular complexity index is 963. The second-order valence-electron chi connectivity index (χ2n) is 6.98. The fourth-order valence-corrected chi connectivity index (χ4v) is 4.14. The van der Waals surface area contributed by atoms with Crippen LogP contribution >= 0.6 is 12.2 Å². The number of aromatic nitrogens is 2. The summed E-state index contributed by atoms with van der Waals surface area (Å²) in [6.07, 6.45) is 3.97. The zero-order valence-electron chi connectivity index (χ0n) is 15.9. The summed E-state index contributed by atoms with van der Waals surface area (Å²) >= 11 is 5.78. The maximum Gasteiger partial charge on any atom is 0.174 e. The van der Waals surface area contributed by atoms with E-state index in [1.807, 2.05) is 18.3 Å². The van der Waals surface area contributed by atoms with E-state index < -0.39 is 0 Å². The molecule has 0 spiro atoms. The highest BCUT2D eigenvalue weighted by atomic mass is 32.1. The molecular weight excluding hydrogens is 352 g/mol. The first-order valence-corrected chi connectivity index (χ1v) is 9.74. The van der Waals surface area contributed by atoms with Crippen molar-refractivity contribution in [2.24, 2.45) is 0 Å². The van der Waals surface area contributed by atoms with Crippen LogP contribution in [0.15, 0.2) is 60.9 Å². The third-order valence-electron chi connectivity index (χ3n) is 5.38. The Labute approximate surface area is 165 Å². The summed E-state index contributed by atoms with van der Waals surface area (Å²) in [4.78, 5) is 6.85. The zero-order valence-corrected chi connectivity index (χ0v) is 16.7. The van der Waals surface area contributed by atoms with Crippen LogP contribution in [0.25, 0.3) is 0 Å². The largest absolute Gasteiger partial charge is 0.351 e. The Morgan fingerprint density at radius 2 is 1.93 bits per heavy atom. The molecule has 1 saturated heterocycles. The fraction of sp³-hybridized carbons (Fsp3) is 0.273. The van der Waals surface area contributed by atoms with Gasteiger partial charge in [0.25, 0.3) is 0 Å². The molecule has 0 saturated carbocycles. The molecule has 0 unspecified atom stereocenters. The summed E-state index contributed by atoms with van der Waals surface area (Å²) in [6.45, 7) is 7.36. The first-order chi connectivity index (χ1) is 13.1. The maximum atomic E-state index is 5.78. The van der Waals surface area contributed by atoms with Crippen LogP contribution in [0.4, 0.5) is 5.69 Å². The lowest BCUT2D eigenvalue weighted by atomic mass is 10.00. The summed E-state index contributed by atoms with van der Waals surface area (Å²) in [5.74, 6) is 0. The number of nitrogens with one attached hydrogen (secondary N) is 1. The van der Waals surface area contributed by atoms with Gasteiger partial charge in [-0.15, -0.1) is 0 Å². The van der Waals surface area contributed by atoms with Crippen LogP contribution in [0, 0.1) is 13.8 Å². The highest BCUT2D eigenvalue weighted by Crippen LogP contribution is 2.41. The number of nitrogens with zero attached hydrogens (tertiary/aromatic N) is 3.